The second-order valence-corrected chi connectivity index (χ2v) is 4.71. The van der Waals surface area contributed by atoms with Crippen molar-refractivity contribution in [3.8, 4) is 17.2 Å². The zero-order chi connectivity index (χ0) is 15.5. The van der Waals surface area contributed by atoms with E-state index in [0.717, 1.165) is 5.39 Å². The lowest BCUT2D eigenvalue weighted by Gasteiger charge is -2.13. The molecule has 0 aliphatic rings. The number of rotatable bonds is 4. The second kappa shape index (κ2) is 5.77. The van der Waals surface area contributed by atoms with Gasteiger partial charge in [0.15, 0.2) is 11.5 Å². The molecule has 0 radical (unpaired) electrons. The lowest BCUT2D eigenvalue weighted by atomic mass is 10.0. The average Bonchev–Trinajstić information content (AvgIpc) is 2.55. The van der Waals surface area contributed by atoms with Gasteiger partial charge < -0.3 is 14.6 Å². The number of benzene rings is 3. The van der Waals surface area contributed by atoms with Crippen LogP contribution < -0.4 is 9.47 Å². The van der Waals surface area contributed by atoms with Crippen molar-refractivity contribution in [3.05, 3.63) is 66.2 Å². The second-order valence-electron chi connectivity index (χ2n) is 4.71. The molecule has 0 aromatic heterocycles. The Kier molecular flexibility index (Phi) is 3.66. The van der Waals surface area contributed by atoms with Gasteiger partial charge in [0.1, 0.15) is 5.75 Å². The van der Waals surface area contributed by atoms with Crippen molar-refractivity contribution in [1.29, 1.82) is 0 Å². The minimum Gasteiger partial charge on any atom is -0.493 e. The molecular formula is C18H14O4. The summed E-state index contributed by atoms with van der Waals surface area (Å²) in [5.74, 6) is 0.831. The molecule has 0 atom stereocenters. The maximum Gasteiger partial charge on any atom is 0.336 e. The maximum absolute atomic E-state index is 11.3. The lowest BCUT2D eigenvalue weighted by molar-refractivity contribution is 0.0699. The van der Waals surface area contributed by atoms with Gasteiger partial charge in [0, 0.05) is 5.39 Å². The van der Waals surface area contributed by atoms with E-state index in [2.05, 4.69) is 0 Å². The molecule has 0 unspecified atom stereocenters. The lowest BCUT2D eigenvalue weighted by Crippen LogP contribution is -1.98. The van der Waals surface area contributed by atoms with Crippen molar-refractivity contribution in [3.63, 3.8) is 0 Å². The highest BCUT2D eigenvalue weighted by molar-refractivity contribution is 6.05. The van der Waals surface area contributed by atoms with Gasteiger partial charge in [0.05, 0.1) is 12.7 Å². The highest BCUT2D eigenvalue weighted by atomic mass is 16.5. The van der Waals surface area contributed by atoms with Crippen LogP contribution in [0.15, 0.2) is 60.7 Å². The molecule has 0 fully saturated rings. The number of methoxy groups -OCH3 is 1. The fraction of sp³-hybridized carbons (Fsp3) is 0.0556. The van der Waals surface area contributed by atoms with E-state index in [0.29, 0.717) is 22.6 Å². The molecule has 1 N–H and O–H groups in total. The number of aromatic carboxylic acids is 1. The summed E-state index contributed by atoms with van der Waals surface area (Å²) in [5, 5.41) is 10.7. The van der Waals surface area contributed by atoms with Crippen LogP contribution in [0.1, 0.15) is 10.4 Å². The van der Waals surface area contributed by atoms with Crippen LogP contribution in [0.4, 0.5) is 0 Å². The van der Waals surface area contributed by atoms with Crippen molar-refractivity contribution in [2.75, 3.05) is 7.11 Å². The summed E-state index contributed by atoms with van der Waals surface area (Å²) in [4.78, 5) is 11.3. The average molecular weight is 294 g/mol. The van der Waals surface area contributed by atoms with E-state index < -0.39 is 5.97 Å². The Bertz CT molecular complexity index is 839. The van der Waals surface area contributed by atoms with Crippen LogP contribution in [0.2, 0.25) is 0 Å². The molecule has 0 aliphatic carbocycles. The molecule has 110 valence electrons. The van der Waals surface area contributed by atoms with Crippen molar-refractivity contribution in [1.82, 2.24) is 0 Å². The maximum atomic E-state index is 11.3. The molecule has 3 rings (SSSR count). The molecule has 4 heteroatoms. The number of carbonyl (C=O) groups is 1. The molecule has 0 bridgehead atoms. The highest BCUT2D eigenvalue weighted by Gasteiger charge is 2.13. The SMILES string of the molecule is COc1ccccc1Oc1ccc(C(=O)O)c2ccccc12. The fourth-order valence-corrected chi connectivity index (χ4v) is 2.37. The molecule has 3 aromatic rings. The number of hydrogen-bond donors (Lipinski definition) is 1. The summed E-state index contributed by atoms with van der Waals surface area (Å²) in [6, 6.07) is 17.8. The summed E-state index contributed by atoms with van der Waals surface area (Å²) in [6.07, 6.45) is 0. The van der Waals surface area contributed by atoms with Gasteiger partial charge in [-0.3, -0.25) is 0 Å². The number of carboxylic acids is 1. The Hall–Kier alpha value is -3.01. The van der Waals surface area contributed by atoms with Crippen molar-refractivity contribution in [2.24, 2.45) is 0 Å². The summed E-state index contributed by atoms with van der Waals surface area (Å²) >= 11 is 0. The first-order valence-electron chi connectivity index (χ1n) is 6.76. The Balaban J connectivity index is 2.12. The van der Waals surface area contributed by atoms with Crippen molar-refractivity contribution >= 4 is 16.7 Å². The van der Waals surface area contributed by atoms with E-state index in [-0.39, 0.29) is 5.56 Å². The first kappa shape index (κ1) is 13.9. The van der Waals surface area contributed by atoms with E-state index in [1.807, 2.05) is 36.4 Å². The third-order valence-electron chi connectivity index (χ3n) is 3.40. The summed E-state index contributed by atoms with van der Waals surface area (Å²) in [5.41, 5.74) is 0.253. The molecule has 4 nitrogen and oxygen atoms in total. The first-order chi connectivity index (χ1) is 10.7. The summed E-state index contributed by atoms with van der Waals surface area (Å²) in [7, 11) is 1.58. The Morgan fingerprint density at radius 3 is 2.14 bits per heavy atom. The molecule has 0 heterocycles. The highest BCUT2D eigenvalue weighted by Crippen LogP contribution is 2.35. The Morgan fingerprint density at radius 2 is 1.45 bits per heavy atom. The topological polar surface area (TPSA) is 55.8 Å². The number of hydrogen-bond acceptors (Lipinski definition) is 3. The third-order valence-corrected chi connectivity index (χ3v) is 3.40. The first-order valence-corrected chi connectivity index (χ1v) is 6.76. The molecular weight excluding hydrogens is 280 g/mol. The van der Waals surface area contributed by atoms with Crippen molar-refractivity contribution in [2.45, 2.75) is 0 Å². The fourth-order valence-electron chi connectivity index (χ4n) is 2.37. The van der Waals surface area contributed by atoms with Gasteiger partial charge in [-0.05, 0) is 29.7 Å². The van der Waals surface area contributed by atoms with E-state index in [9.17, 15) is 9.90 Å². The number of carboxylic acid groups (broad SMARTS) is 1. The molecule has 0 saturated heterocycles. The van der Waals surface area contributed by atoms with Crippen LogP contribution in [-0.4, -0.2) is 18.2 Å². The summed E-state index contributed by atoms with van der Waals surface area (Å²) in [6.45, 7) is 0. The normalized spacial score (nSPS) is 10.4. The minimum absolute atomic E-state index is 0.253. The van der Waals surface area contributed by atoms with Gasteiger partial charge in [-0.2, -0.15) is 0 Å². The number of para-hydroxylation sites is 2. The van der Waals surface area contributed by atoms with Crippen LogP contribution in [0.3, 0.4) is 0 Å². The molecule has 0 amide bonds. The van der Waals surface area contributed by atoms with Crippen LogP contribution in [0.5, 0.6) is 17.2 Å². The molecule has 3 aromatic carbocycles. The monoisotopic (exact) mass is 294 g/mol. The van der Waals surface area contributed by atoms with E-state index in [1.165, 1.54) is 0 Å². The minimum atomic E-state index is -0.958. The standard InChI is InChI=1S/C18H14O4/c1-21-16-8-4-5-9-17(16)22-15-11-10-14(18(19)20)12-6-2-3-7-13(12)15/h2-11H,1H3,(H,19,20). The van der Waals surface area contributed by atoms with Gasteiger partial charge in [0.25, 0.3) is 0 Å². The Morgan fingerprint density at radius 1 is 0.818 bits per heavy atom. The van der Waals surface area contributed by atoms with E-state index in [1.54, 1.807) is 31.4 Å². The molecule has 22 heavy (non-hydrogen) atoms. The quantitative estimate of drug-likeness (QED) is 0.777. The van der Waals surface area contributed by atoms with Crippen LogP contribution in [0.25, 0.3) is 10.8 Å². The molecule has 0 aliphatic heterocycles. The van der Waals surface area contributed by atoms with E-state index in [4.69, 9.17) is 9.47 Å². The van der Waals surface area contributed by atoms with Crippen molar-refractivity contribution < 1.29 is 19.4 Å². The Labute approximate surface area is 127 Å². The van der Waals surface area contributed by atoms with Gasteiger partial charge in [-0.1, -0.05) is 36.4 Å². The molecule has 0 saturated carbocycles. The summed E-state index contributed by atoms with van der Waals surface area (Å²) < 4.78 is 11.2. The zero-order valence-corrected chi connectivity index (χ0v) is 11.9. The zero-order valence-electron chi connectivity index (χ0n) is 11.9. The van der Waals surface area contributed by atoms with Crippen LogP contribution in [-0.2, 0) is 0 Å². The predicted molar refractivity (Wildman–Crippen MR) is 84.0 cm³/mol. The van der Waals surface area contributed by atoms with E-state index >= 15 is 0 Å². The van der Waals surface area contributed by atoms with Gasteiger partial charge in [-0.25, -0.2) is 4.79 Å². The van der Waals surface area contributed by atoms with Crippen LogP contribution in [0, 0.1) is 0 Å². The van der Waals surface area contributed by atoms with Gasteiger partial charge in [0.2, 0.25) is 0 Å². The van der Waals surface area contributed by atoms with Gasteiger partial charge >= 0.3 is 5.97 Å². The largest absolute Gasteiger partial charge is 0.493 e. The number of fused-ring (bicyclic) bond motifs is 1. The van der Waals surface area contributed by atoms with Gasteiger partial charge in [-0.15, -0.1) is 0 Å². The molecule has 0 spiro atoms. The smallest absolute Gasteiger partial charge is 0.336 e. The third kappa shape index (κ3) is 2.46. The van der Waals surface area contributed by atoms with Crippen LogP contribution >= 0.6 is 0 Å². The predicted octanol–water partition coefficient (Wildman–Crippen LogP) is 4.34. The number of ether oxygens (including phenoxy) is 2.